The summed E-state index contributed by atoms with van der Waals surface area (Å²) in [6, 6.07) is 0. The molecule has 112 valence electrons. The number of carbonyl (C=O) groups excluding carboxylic acids is 1. The largest absolute Gasteiger partial charge is 0.517 e. The van der Waals surface area contributed by atoms with E-state index in [9.17, 15) is 4.79 Å². The maximum absolute atomic E-state index is 11.2. The molecule has 0 aliphatic heterocycles. The van der Waals surface area contributed by atoms with Crippen LogP contribution in [0.25, 0.3) is 0 Å². The Morgan fingerprint density at radius 3 is 2.16 bits per heavy atom. The Labute approximate surface area is 116 Å². The average molecular weight is 291 g/mol. The van der Waals surface area contributed by atoms with Crippen molar-refractivity contribution in [2.24, 2.45) is 0 Å². The Morgan fingerprint density at radius 2 is 1.79 bits per heavy atom. The van der Waals surface area contributed by atoms with Gasteiger partial charge in [0.15, 0.2) is 0 Å². The molecule has 1 N–H and O–H groups in total. The molecule has 0 saturated carbocycles. The maximum Gasteiger partial charge on any atom is 0.517 e. The zero-order chi connectivity index (χ0) is 14.9. The molecule has 0 aromatic carbocycles. The van der Waals surface area contributed by atoms with Crippen molar-refractivity contribution in [3.8, 4) is 0 Å². The van der Waals surface area contributed by atoms with Crippen LogP contribution in [0.1, 0.15) is 20.3 Å². The van der Waals surface area contributed by atoms with Gasteiger partial charge in [0.2, 0.25) is 0 Å². The van der Waals surface area contributed by atoms with Crippen molar-refractivity contribution in [2.75, 3.05) is 34.5 Å². The van der Waals surface area contributed by atoms with Crippen molar-refractivity contribution in [2.45, 2.75) is 25.9 Å². The standard InChI is InChI=1S/C12H25NO5Si/c1-7-11(19(15-4,16-5)17-6)13-8-9-18-12(14)10(2)3/h11,13H,2,7-9H2,1,3-6H3. The van der Waals surface area contributed by atoms with Crippen molar-refractivity contribution >= 4 is 14.8 Å². The second-order valence-electron chi connectivity index (χ2n) is 4.05. The van der Waals surface area contributed by atoms with E-state index in [-0.39, 0.29) is 18.2 Å². The Kier molecular flexibility index (Phi) is 8.86. The number of esters is 1. The van der Waals surface area contributed by atoms with Gasteiger partial charge in [-0.05, 0) is 13.3 Å². The van der Waals surface area contributed by atoms with Crippen molar-refractivity contribution < 1.29 is 22.8 Å². The van der Waals surface area contributed by atoms with E-state index in [1.54, 1.807) is 28.3 Å². The molecule has 0 fully saturated rings. The number of nitrogens with one attached hydrogen (secondary N) is 1. The molecule has 6 nitrogen and oxygen atoms in total. The summed E-state index contributed by atoms with van der Waals surface area (Å²) >= 11 is 0. The number of rotatable bonds is 10. The summed E-state index contributed by atoms with van der Waals surface area (Å²) < 4.78 is 21.3. The van der Waals surface area contributed by atoms with Crippen molar-refractivity contribution in [1.29, 1.82) is 0 Å². The lowest BCUT2D eigenvalue weighted by atomic mass is 10.4. The molecule has 19 heavy (non-hydrogen) atoms. The minimum Gasteiger partial charge on any atom is -0.461 e. The van der Waals surface area contributed by atoms with Crippen molar-refractivity contribution in [3.05, 3.63) is 12.2 Å². The van der Waals surface area contributed by atoms with Gasteiger partial charge in [0.05, 0.1) is 5.67 Å². The fourth-order valence-corrected chi connectivity index (χ4v) is 3.94. The number of ether oxygens (including phenoxy) is 1. The molecule has 0 rings (SSSR count). The van der Waals surface area contributed by atoms with E-state index in [2.05, 4.69) is 11.9 Å². The Balaban J connectivity index is 4.27. The van der Waals surface area contributed by atoms with Crippen LogP contribution in [0.4, 0.5) is 0 Å². The second-order valence-corrected chi connectivity index (χ2v) is 7.18. The summed E-state index contributed by atoms with van der Waals surface area (Å²) in [6.45, 7) is 7.91. The summed E-state index contributed by atoms with van der Waals surface area (Å²) in [5, 5.41) is 3.24. The van der Waals surface area contributed by atoms with Crippen LogP contribution in [0.15, 0.2) is 12.2 Å². The van der Waals surface area contributed by atoms with Gasteiger partial charge in [-0.25, -0.2) is 4.79 Å². The molecule has 0 aromatic heterocycles. The van der Waals surface area contributed by atoms with Crippen molar-refractivity contribution in [3.63, 3.8) is 0 Å². The molecule has 0 aromatic rings. The minimum atomic E-state index is -2.71. The smallest absolute Gasteiger partial charge is 0.461 e. The van der Waals surface area contributed by atoms with E-state index in [1.165, 1.54) is 0 Å². The Bertz CT molecular complexity index is 286. The van der Waals surface area contributed by atoms with Crippen LogP contribution in [0.2, 0.25) is 0 Å². The van der Waals surface area contributed by atoms with Gasteiger partial charge in [0, 0.05) is 33.4 Å². The molecule has 0 aliphatic carbocycles. The topological polar surface area (TPSA) is 66.0 Å². The Morgan fingerprint density at radius 1 is 1.26 bits per heavy atom. The molecule has 0 heterocycles. The summed E-state index contributed by atoms with van der Waals surface area (Å²) in [6.07, 6.45) is 0.788. The maximum atomic E-state index is 11.2. The molecule has 0 radical (unpaired) electrons. The second kappa shape index (κ2) is 9.22. The van der Waals surface area contributed by atoms with E-state index in [0.29, 0.717) is 12.1 Å². The van der Waals surface area contributed by atoms with Gasteiger partial charge in [-0.1, -0.05) is 13.5 Å². The van der Waals surface area contributed by atoms with Gasteiger partial charge < -0.3 is 23.3 Å². The highest BCUT2D eigenvalue weighted by atomic mass is 28.4. The SMILES string of the molecule is C=C(C)C(=O)OCCNC(CC)[Si](OC)(OC)OC. The van der Waals surface area contributed by atoms with Gasteiger partial charge in [-0.3, -0.25) is 0 Å². The number of hydrogen-bond acceptors (Lipinski definition) is 6. The van der Waals surface area contributed by atoms with Crippen LogP contribution in [0.3, 0.4) is 0 Å². The van der Waals surface area contributed by atoms with Crippen LogP contribution in [-0.4, -0.2) is 54.9 Å². The van der Waals surface area contributed by atoms with Crippen LogP contribution in [0.5, 0.6) is 0 Å². The zero-order valence-electron chi connectivity index (χ0n) is 12.4. The van der Waals surface area contributed by atoms with Gasteiger partial charge >= 0.3 is 14.8 Å². The first-order chi connectivity index (χ1) is 8.97. The normalized spacial score (nSPS) is 13.1. The van der Waals surface area contributed by atoms with Gasteiger partial charge in [0.25, 0.3) is 0 Å². The van der Waals surface area contributed by atoms with E-state index >= 15 is 0 Å². The molecular weight excluding hydrogens is 266 g/mol. The molecule has 0 aliphatic rings. The van der Waals surface area contributed by atoms with Gasteiger partial charge in [-0.15, -0.1) is 0 Å². The van der Waals surface area contributed by atoms with E-state index in [1.807, 2.05) is 6.92 Å². The first-order valence-electron chi connectivity index (χ1n) is 6.18. The summed E-state index contributed by atoms with van der Waals surface area (Å²) in [5.41, 5.74) is 0.345. The minimum absolute atomic E-state index is 0.0453. The molecule has 0 spiro atoms. The third kappa shape index (κ3) is 5.41. The lowest BCUT2D eigenvalue weighted by molar-refractivity contribution is -0.138. The molecule has 7 heteroatoms. The average Bonchev–Trinajstić information content (AvgIpc) is 2.42. The highest BCUT2D eigenvalue weighted by Gasteiger charge is 2.46. The summed E-state index contributed by atoms with van der Waals surface area (Å²) in [7, 11) is 2.01. The molecule has 0 saturated heterocycles. The van der Waals surface area contributed by atoms with Gasteiger partial charge in [0.1, 0.15) is 6.61 Å². The molecule has 1 atom stereocenters. The number of hydrogen-bond donors (Lipinski definition) is 1. The highest BCUT2D eigenvalue weighted by molar-refractivity contribution is 6.62. The quantitative estimate of drug-likeness (QED) is 0.279. The van der Waals surface area contributed by atoms with E-state index in [0.717, 1.165) is 6.42 Å². The summed E-state index contributed by atoms with van der Waals surface area (Å²) in [4.78, 5) is 11.2. The van der Waals surface area contributed by atoms with E-state index in [4.69, 9.17) is 18.0 Å². The molecule has 0 amide bonds. The molecular formula is C12H25NO5Si. The summed E-state index contributed by atoms with van der Waals surface area (Å²) in [5.74, 6) is -0.386. The first-order valence-corrected chi connectivity index (χ1v) is 7.99. The third-order valence-electron chi connectivity index (χ3n) is 2.76. The first kappa shape index (κ1) is 18.3. The number of carbonyl (C=O) groups is 1. The van der Waals surface area contributed by atoms with Crippen LogP contribution < -0.4 is 5.32 Å². The highest BCUT2D eigenvalue weighted by Crippen LogP contribution is 2.14. The third-order valence-corrected chi connectivity index (χ3v) is 5.94. The van der Waals surface area contributed by atoms with Crippen LogP contribution in [-0.2, 0) is 22.8 Å². The predicted molar refractivity (Wildman–Crippen MR) is 74.6 cm³/mol. The van der Waals surface area contributed by atoms with Crippen LogP contribution >= 0.6 is 0 Å². The predicted octanol–water partition coefficient (Wildman–Crippen LogP) is 0.891. The van der Waals surface area contributed by atoms with Crippen LogP contribution in [0, 0.1) is 0 Å². The monoisotopic (exact) mass is 291 g/mol. The lowest BCUT2D eigenvalue weighted by Crippen LogP contribution is -2.60. The molecule has 1 unspecified atom stereocenters. The van der Waals surface area contributed by atoms with Crippen molar-refractivity contribution in [1.82, 2.24) is 5.32 Å². The van der Waals surface area contributed by atoms with E-state index < -0.39 is 8.80 Å². The Hall–Kier alpha value is -0.733. The fourth-order valence-electron chi connectivity index (χ4n) is 1.70. The molecule has 0 bridgehead atoms. The fraction of sp³-hybridized carbons (Fsp3) is 0.750. The lowest BCUT2D eigenvalue weighted by Gasteiger charge is -2.32. The van der Waals surface area contributed by atoms with Gasteiger partial charge in [-0.2, -0.15) is 0 Å². The zero-order valence-corrected chi connectivity index (χ0v) is 13.4.